The molecular weight excluding hydrogens is 448 g/mol. The summed E-state index contributed by atoms with van der Waals surface area (Å²) in [5.41, 5.74) is 15.7. The molecule has 0 aromatic heterocycles. The maximum Gasteiger partial charge on any atom is 0.131 e. The van der Waals surface area contributed by atoms with Crippen LogP contribution in [0.25, 0.3) is 0 Å². The van der Waals surface area contributed by atoms with Gasteiger partial charge in [0.05, 0.1) is 5.70 Å². The molecule has 1 saturated carbocycles. The molecule has 2 bridgehead atoms. The second-order valence-corrected chi connectivity index (χ2v) is 11.2. The molecule has 2 heteroatoms. The van der Waals surface area contributed by atoms with Crippen molar-refractivity contribution < 1.29 is 0 Å². The van der Waals surface area contributed by atoms with E-state index in [-0.39, 0.29) is 5.41 Å². The molecule has 2 aromatic carbocycles. The molecule has 0 radical (unpaired) electrons. The lowest BCUT2D eigenvalue weighted by Crippen LogP contribution is -2.35. The summed E-state index contributed by atoms with van der Waals surface area (Å²) in [6.45, 7) is 4.21. The fraction of sp³-hybridized carbons (Fsp3) is 0.343. The third-order valence-corrected chi connectivity index (χ3v) is 9.03. The number of rotatable bonds is 4. The van der Waals surface area contributed by atoms with Crippen LogP contribution in [0.4, 0.5) is 0 Å². The van der Waals surface area contributed by atoms with Crippen molar-refractivity contribution in [1.82, 2.24) is 0 Å². The van der Waals surface area contributed by atoms with Gasteiger partial charge < -0.3 is 5.73 Å². The van der Waals surface area contributed by atoms with Crippen LogP contribution in [0, 0.1) is 0 Å². The fourth-order valence-electron chi connectivity index (χ4n) is 7.13. The zero-order valence-electron chi connectivity index (χ0n) is 21.8. The Kier molecular flexibility index (Phi) is 6.59. The first-order chi connectivity index (χ1) is 18.2. The zero-order valence-corrected chi connectivity index (χ0v) is 21.8. The van der Waals surface area contributed by atoms with Gasteiger partial charge >= 0.3 is 0 Å². The number of hydrogen-bond donors (Lipinski definition) is 1. The van der Waals surface area contributed by atoms with Crippen molar-refractivity contribution in [2.45, 2.75) is 75.0 Å². The fourth-order valence-corrected chi connectivity index (χ4v) is 7.13. The smallest absolute Gasteiger partial charge is 0.131 e. The topological polar surface area (TPSA) is 38.4 Å². The van der Waals surface area contributed by atoms with Crippen LogP contribution in [0.3, 0.4) is 0 Å². The van der Waals surface area contributed by atoms with E-state index in [0.29, 0.717) is 17.7 Å². The molecule has 2 nitrogen and oxygen atoms in total. The van der Waals surface area contributed by atoms with E-state index in [1.54, 1.807) is 16.7 Å². The molecule has 2 unspecified atom stereocenters. The molecule has 2 N–H and O–H groups in total. The van der Waals surface area contributed by atoms with Crippen LogP contribution in [0.1, 0.15) is 91.9 Å². The van der Waals surface area contributed by atoms with Crippen molar-refractivity contribution >= 4 is 5.84 Å². The Morgan fingerprint density at radius 1 is 0.865 bits per heavy atom. The van der Waals surface area contributed by atoms with Crippen molar-refractivity contribution in [3.8, 4) is 0 Å². The highest BCUT2D eigenvalue weighted by Crippen LogP contribution is 2.53. The molecule has 0 amide bonds. The lowest BCUT2D eigenvalue weighted by molar-refractivity contribution is 0.334. The Morgan fingerprint density at radius 2 is 1.62 bits per heavy atom. The molecule has 1 spiro atoms. The maximum absolute atomic E-state index is 6.65. The minimum atomic E-state index is 0.183. The molecule has 2 aromatic rings. The first kappa shape index (κ1) is 24.0. The van der Waals surface area contributed by atoms with E-state index in [2.05, 4.69) is 91.6 Å². The van der Waals surface area contributed by atoms with Gasteiger partial charge in [0.25, 0.3) is 0 Å². The standard InChI is InChI=1S/C35H38N2/c1-25(26-12-4-2-5-13-26)37-34(36)32-16-7-6-14-30(32)27-18-19-28-24-29(21-20-27)35(22-10-3-11-23-35)33-17-9-8-15-31(28)33/h4,6-9,12-17,20-21,24,27-28H,1-3,5,10-11,18-19,22-23H2,(H2,36,37)/b21-20+. The van der Waals surface area contributed by atoms with Gasteiger partial charge in [0.2, 0.25) is 0 Å². The van der Waals surface area contributed by atoms with Crippen LogP contribution < -0.4 is 5.73 Å². The third-order valence-electron chi connectivity index (χ3n) is 9.03. The lowest BCUT2D eigenvalue weighted by Gasteiger charge is -2.45. The van der Waals surface area contributed by atoms with Gasteiger partial charge in [-0.3, -0.25) is 0 Å². The molecule has 2 atom stereocenters. The molecule has 4 aliphatic rings. The molecule has 188 valence electrons. The highest BCUT2D eigenvalue weighted by atomic mass is 14.9. The van der Waals surface area contributed by atoms with Gasteiger partial charge in [0.1, 0.15) is 5.84 Å². The number of allylic oxidation sites excluding steroid dienone is 7. The van der Waals surface area contributed by atoms with Crippen molar-refractivity contribution in [3.05, 3.63) is 131 Å². The summed E-state index contributed by atoms with van der Waals surface area (Å²) in [6.07, 6.45) is 24.9. The second-order valence-electron chi connectivity index (χ2n) is 11.2. The largest absolute Gasteiger partial charge is 0.383 e. The Morgan fingerprint density at radius 3 is 2.43 bits per heavy atom. The quantitative estimate of drug-likeness (QED) is 0.341. The minimum Gasteiger partial charge on any atom is -0.383 e. The molecular formula is C35H38N2. The van der Waals surface area contributed by atoms with Crippen LogP contribution in [-0.2, 0) is 5.41 Å². The Hall–Kier alpha value is -3.39. The van der Waals surface area contributed by atoms with Crippen LogP contribution in [-0.4, -0.2) is 5.84 Å². The highest BCUT2D eigenvalue weighted by Gasteiger charge is 2.42. The normalized spacial score (nSPS) is 25.4. The predicted octanol–water partition coefficient (Wildman–Crippen LogP) is 8.54. The SMILES string of the molecule is C=C(N=C(N)c1ccccc1C1/C=C/C2=CC(CC1)c1ccccc1C21CCCCC1)C1=CCCC=C1. The van der Waals surface area contributed by atoms with Crippen molar-refractivity contribution in [3.63, 3.8) is 0 Å². The molecule has 0 aliphatic heterocycles. The number of nitrogens with zero attached hydrogens (tertiary/aromatic N) is 1. The first-order valence-electron chi connectivity index (χ1n) is 14.1. The highest BCUT2D eigenvalue weighted by molar-refractivity contribution is 6.00. The van der Waals surface area contributed by atoms with Gasteiger partial charge in [-0.1, -0.05) is 111 Å². The van der Waals surface area contributed by atoms with Gasteiger partial charge in [-0.05, 0) is 66.4 Å². The number of nitrogens with two attached hydrogens (primary N) is 1. The zero-order chi connectivity index (χ0) is 25.2. The molecule has 37 heavy (non-hydrogen) atoms. The number of fused-ring (bicyclic) bond motifs is 5. The van der Waals surface area contributed by atoms with Crippen molar-refractivity contribution in [2.75, 3.05) is 0 Å². The average molecular weight is 487 g/mol. The van der Waals surface area contributed by atoms with E-state index in [1.807, 2.05) is 0 Å². The third kappa shape index (κ3) is 4.48. The minimum absolute atomic E-state index is 0.183. The molecule has 0 heterocycles. The van der Waals surface area contributed by atoms with E-state index < -0.39 is 0 Å². The molecule has 6 rings (SSSR count). The molecule has 1 fully saturated rings. The van der Waals surface area contributed by atoms with E-state index >= 15 is 0 Å². The predicted molar refractivity (Wildman–Crippen MR) is 156 cm³/mol. The molecule has 0 saturated heterocycles. The van der Waals surface area contributed by atoms with Gasteiger partial charge in [0, 0.05) is 22.8 Å². The first-order valence-corrected chi connectivity index (χ1v) is 14.1. The summed E-state index contributed by atoms with van der Waals surface area (Å²) in [5.74, 6) is 1.35. The number of amidine groups is 1. The van der Waals surface area contributed by atoms with Crippen molar-refractivity contribution in [2.24, 2.45) is 10.7 Å². The number of hydrogen-bond acceptors (Lipinski definition) is 1. The summed E-state index contributed by atoms with van der Waals surface area (Å²) in [5, 5.41) is 0. The summed E-state index contributed by atoms with van der Waals surface area (Å²) in [7, 11) is 0. The van der Waals surface area contributed by atoms with E-state index in [4.69, 9.17) is 10.7 Å². The van der Waals surface area contributed by atoms with Gasteiger partial charge in [-0.2, -0.15) is 0 Å². The number of benzene rings is 2. The maximum atomic E-state index is 6.65. The van der Waals surface area contributed by atoms with Crippen LogP contribution in [0.15, 0.2) is 113 Å². The van der Waals surface area contributed by atoms with E-state index in [9.17, 15) is 0 Å². The average Bonchev–Trinajstić information content (AvgIpc) is 2.94. The summed E-state index contributed by atoms with van der Waals surface area (Å²) in [4.78, 5) is 4.77. The van der Waals surface area contributed by atoms with Gasteiger partial charge in [-0.25, -0.2) is 4.99 Å². The summed E-state index contributed by atoms with van der Waals surface area (Å²) < 4.78 is 0. The Labute approximate surface area is 222 Å². The van der Waals surface area contributed by atoms with Gasteiger partial charge in [-0.15, -0.1) is 0 Å². The van der Waals surface area contributed by atoms with Crippen molar-refractivity contribution in [1.29, 1.82) is 0 Å². The summed E-state index contributed by atoms with van der Waals surface area (Å²) in [6, 6.07) is 17.9. The second kappa shape index (κ2) is 10.2. The van der Waals surface area contributed by atoms with E-state index in [1.165, 1.54) is 37.7 Å². The number of aliphatic imine (C=N–C) groups is 1. The Bertz CT molecular complexity index is 1340. The van der Waals surface area contributed by atoms with Crippen LogP contribution in [0.5, 0.6) is 0 Å². The summed E-state index contributed by atoms with van der Waals surface area (Å²) >= 11 is 0. The Balaban J connectivity index is 1.35. The molecule has 4 aliphatic carbocycles. The monoisotopic (exact) mass is 486 g/mol. The van der Waals surface area contributed by atoms with Crippen LogP contribution >= 0.6 is 0 Å². The van der Waals surface area contributed by atoms with Gasteiger partial charge in [0.15, 0.2) is 0 Å². The van der Waals surface area contributed by atoms with Crippen LogP contribution in [0.2, 0.25) is 0 Å². The van der Waals surface area contributed by atoms with E-state index in [0.717, 1.165) is 42.5 Å². The lowest BCUT2D eigenvalue weighted by atomic mass is 9.58.